The minimum absolute atomic E-state index is 0.0753. The predicted molar refractivity (Wildman–Crippen MR) is 163 cm³/mol. The number of amides is 1. The standard InChI is InChI=1S/C26H37NO5S.3CH5N/c1-3-7-21-18-19(9-11-22(21)32-17-6-5-16-28)8-10-20(4-2)23-12-13-24(33-23)26(31)27-15-14-25(29)30;3*1-2/h9,11-13,18,20,28H,3-8,10,14-17H2,1-2H3,(H,27,31)(H,29,30);3*2H2,1H3. The summed E-state index contributed by atoms with van der Waals surface area (Å²) in [5, 5.41) is 20.3. The molecule has 0 aliphatic carbocycles. The number of rotatable bonds is 16. The predicted octanol–water partition coefficient (Wildman–Crippen LogP) is 3.91. The number of thiophene rings is 1. The maximum Gasteiger partial charge on any atom is 0.305 e. The third-order valence-corrected chi connectivity index (χ3v) is 6.85. The van der Waals surface area contributed by atoms with Crippen molar-refractivity contribution in [1.82, 2.24) is 5.32 Å². The largest absolute Gasteiger partial charge is 0.493 e. The summed E-state index contributed by atoms with van der Waals surface area (Å²) in [4.78, 5) is 24.7. The van der Waals surface area contributed by atoms with Gasteiger partial charge in [-0.25, -0.2) is 0 Å². The maximum atomic E-state index is 12.3. The number of benzene rings is 1. The number of carbonyl (C=O) groups excluding carboxylic acids is 1. The fraction of sp³-hybridized carbons (Fsp3) is 0.586. The molecule has 10 heteroatoms. The number of aliphatic hydroxyl groups is 1. The summed E-state index contributed by atoms with van der Waals surface area (Å²) in [5.74, 6) is 0.194. The highest BCUT2D eigenvalue weighted by molar-refractivity contribution is 7.14. The van der Waals surface area contributed by atoms with E-state index in [4.69, 9.17) is 14.9 Å². The number of aliphatic hydroxyl groups excluding tert-OH is 1. The van der Waals surface area contributed by atoms with Gasteiger partial charge in [0, 0.05) is 18.0 Å². The van der Waals surface area contributed by atoms with Crippen molar-refractivity contribution in [1.29, 1.82) is 0 Å². The molecule has 0 saturated heterocycles. The highest BCUT2D eigenvalue weighted by Crippen LogP contribution is 2.32. The van der Waals surface area contributed by atoms with E-state index in [-0.39, 0.29) is 25.5 Å². The zero-order valence-electron chi connectivity index (χ0n) is 24.5. The van der Waals surface area contributed by atoms with Crippen molar-refractivity contribution in [3.63, 3.8) is 0 Å². The Morgan fingerprint density at radius 1 is 1.00 bits per heavy atom. The van der Waals surface area contributed by atoms with Crippen molar-refractivity contribution in [2.45, 2.75) is 71.1 Å². The van der Waals surface area contributed by atoms with Gasteiger partial charge in [-0.2, -0.15) is 0 Å². The van der Waals surface area contributed by atoms with E-state index in [1.54, 1.807) is 0 Å². The van der Waals surface area contributed by atoms with Crippen LogP contribution >= 0.6 is 11.3 Å². The monoisotopic (exact) mass is 568 g/mol. The number of hydrogen-bond donors (Lipinski definition) is 6. The number of aryl methyl sites for hydroxylation is 2. The lowest BCUT2D eigenvalue weighted by atomic mass is 9.94. The molecule has 0 aliphatic heterocycles. The fourth-order valence-corrected chi connectivity index (χ4v) is 4.88. The van der Waals surface area contributed by atoms with Crippen LogP contribution in [0.2, 0.25) is 0 Å². The summed E-state index contributed by atoms with van der Waals surface area (Å²) in [5.41, 5.74) is 16.0. The average Bonchev–Trinajstić information content (AvgIpc) is 3.46. The molecule has 1 aromatic carbocycles. The van der Waals surface area contributed by atoms with Gasteiger partial charge in [-0.05, 0) is 94.9 Å². The Hall–Kier alpha value is -2.50. The van der Waals surface area contributed by atoms with E-state index >= 15 is 0 Å². The highest BCUT2D eigenvalue weighted by atomic mass is 32.1. The van der Waals surface area contributed by atoms with Crippen LogP contribution < -0.4 is 27.3 Å². The first kappa shape index (κ1) is 38.6. The van der Waals surface area contributed by atoms with Gasteiger partial charge in [0.1, 0.15) is 5.75 Å². The molecule has 2 aromatic rings. The van der Waals surface area contributed by atoms with Crippen LogP contribution in [0.5, 0.6) is 5.75 Å². The minimum atomic E-state index is -0.920. The Morgan fingerprint density at radius 3 is 2.28 bits per heavy atom. The Balaban J connectivity index is 0. The van der Waals surface area contributed by atoms with Crippen LogP contribution in [0.1, 0.15) is 84.0 Å². The molecule has 1 heterocycles. The van der Waals surface area contributed by atoms with Crippen molar-refractivity contribution in [3.8, 4) is 5.75 Å². The number of aliphatic carboxylic acids is 1. The molecular weight excluding hydrogens is 516 g/mol. The van der Waals surface area contributed by atoms with Crippen molar-refractivity contribution in [3.05, 3.63) is 51.2 Å². The van der Waals surface area contributed by atoms with Crippen molar-refractivity contribution >= 4 is 23.2 Å². The fourth-order valence-electron chi connectivity index (χ4n) is 3.74. The molecule has 1 aromatic heterocycles. The molecule has 9 nitrogen and oxygen atoms in total. The topological polar surface area (TPSA) is 174 Å². The maximum absolute atomic E-state index is 12.3. The first-order valence-electron chi connectivity index (χ1n) is 13.7. The number of unbranched alkanes of at least 4 members (excludes halogenated alkanes) is 1. The normalized spacial score (nSPS) is 10.5. The molecule has 0 fully saturated rings. The average molecular weight is 569 g/mol. The highest BCUT2D eigenvalue weighted by Gasteiger charge is 2.16. The summed E-state index contributed by atoms with van der Waals surface area (Å²) >= 11 is 1.50. The lowest BCUT2D eigenvalue weighted by Gasteiger charge is -2.15. The van der Waals surface area contributed by atoms with Gasteiger partial charge in [-0.1, -0.05) is 32.4 Å². The van der Waals surface area contributed by atoms with Gasteiger partial charge >= 0.3 is 5.97 Å². The second-order valence-corrected chi connectivity index (χ2v) is 9.33. The molecule has 1 atom stereocenters. The first-order chi connectivity index (χ1) is 19.0. The number of carbonyl (C=O) groups is 2. The molecule has 0 radical (unpaired) electrons. The van der Waals surface area contributed by atoms with E-state index in [9.17, 15) is 9.59 Å². The number of carboxylic acids is 1. The zero-order valence-corrected chi connectivity index (χ0v) is 25.3. The summed E-state index contributed by atoms with van der Waals surface area (Å²) in [7, 11) is 4.50. The minimum Gasteiger partial charge on any atom is -0.493 e. The van der Waals surface area contributed by atoms with Crippen molar-refractivity contribution < 1.29 is 24.5 Å². The summed E-state index contributed by atoms with van der Waals surface area (Å²) in [6, 6.07) is 10.3. The van der Waals surface area contributed by atoms with Crippen LogP contribution in [0.25, 0.3) is 0 Å². The summed E-state index contributed by atoms with van der Waals surface area (Å²) in [6.07, 6.45) is 6.52. The first-order valence-corrected chi connectivity index (χ1v) is 14.5. The second-order valence-electron chi connectivity index (χ2n) is 8.22. The summed E-state index contributed by atoms with van der Waals surface area (Å²) in [6.45, 7) is 5.30. The van der Waals surface area contributed by atoms with Gasteiger partial charge in [0.05, 0.1) is 17.9 Å². The van der Waals surface area contributed by atoms with E-state index < -0.39 is 5.97 Å². The number of nitrogens with two attached hydrogens (primary N) is 3. The van der Waals surface area contributed by atoms with Gasteiger partial charge in [0.15, 0.2) is 0 Å². The Bertz CT molecular complexity index is 892. The molecule has 9 N–H and O–H groups in total. The molecule has 0 aliphatic rings. The third kappa shape index (κ3) is 16.3. The quantitative estimate of drug-likeness (QED) is 0.165. The van der Waals surface area contributed by atoms with Crippen LogP contribution in [0.3, 0.4) is 0 Å². The SMILES string of the molecule is CCCc1cc(CCC(CC)c2ccc(C(=O)NCCC(=O)O)s2)ccc1OCCCCO.CN.CN.CN. The molecule has 0 bridgehead atoms. The number of ether oxygens (including phenoxy) is 1. The van der Waals surface area contributed by atoms with Crippen molar-refractivity contribution in [2.75, 3.05) is 40.9 Å². The zero-order chi connectivity index (χ0) is 30.1. The number of hydrogen-bond acceptors (Lipinski definition) is 8. The Kier molecular flexibility index (Phi) is 25.5. The molecule has 224 valence electrons. The van der Waals surface area contributed by atoms with Crippen LogP contribution in [-0.2, 0) is 17.6 Å². The van der Waals surface area contributed by atoms with E-state index in [1.807, 2.05) is 12.1 Å². The van der Waals surface area contributed by atoms with E-state index in [0.29, 0.717) is 17.4 Å². The Labute approximate surface area is 239 Å². The van der Waals surface area contributed by atoms with Gasteiger partial charge < -0.3 is 37.5 Å². The molecule has 0 spiro atoms. The molecule has 0 saturated carbocycles. The molecule has 2 rings (SSSR count). The van der Waals surface area contributed by atoms with Crippen LogP contribution in [0.4, 0.5) is 0 Å². The van der Waals surface area contributed by atoms with Crippen LogP contribution in [-0.4, -0.2) is 63.0 Å². The van der Waals surface area contributed by atoms with E-state index in [2.05, 4.69) is 54.6 Å². The lowest BCUT2D eigenvalue weighted by molar-refractivity contribution is -0.136. The third-order valence-electron chi connectivity index (χ3n) is 5.61. The van der Waals surface area contributed by atoms with Crippen molar-refractivity contribution in [2.24, 2.45) is 17.2 Å². The van der Waals surface area contributed by atoms with Gasteiger partial charge in [-0.3, -0.25) is 9.59 Å². The Morgan fingerprint density at radius 2 is 1.69 bits per heavy atom. The van der Waals surface area contributed by atoms with Gasteiger partial charge in [0.25, 0.3) is 5.91 Å². The summed E-state index contributed by atoms with van der Waals surface area (Å²) < 4.78 is 5.95. The van der Waals surface area contributed by atoms with E-state index in [1.165, 1.54) is 48.5 Å². The lowest BCUT2D eigenvalue weighted by Crippen LogP contribution is -2.25. The molecular formula is C29H52N4O5S. The second kappa shape index (κ2) is 25.8. The number of nitrogens with one attached hydrogen (secondary N) is 1. The molecule has 1 unspecified atom stereocenters. The molecule has 1 amide bonds. The van der Waals surface area contributed by atoms with Crippen LogP contribution in [0, 0.1) is 0 Å². The smallest absolute Gasteiger partial charge is 0.305 e. The molecule has 39 heavy (non-hydrogen) atoms. The van der Waals surface area contributed by atoms with Gasteiger partial charge in [-0.15, -0.1) is 11.3 Å². The van der Waals surface area contributed by atoms with Gasteiger partial charge in [0.2, 0.25) is 0 Å². The van der Waals surface area contributed by atoms with E-state index in [0.717, 1.165) is 50.7 Å². The number of carboxylic acid groups (broad SMARTS) is 1. The van der Waals surface area contributed by atoms with Crippen LogP contribution in [0.15, 0.2) is 30.3 Å².